The zero-order valence-electron chi connectivity index (χ0n) is 17.7. The van der Waals surface area contributed by atoms with Crippen molar-refractivity contribution in [1.82, 2.24) is 10.6 Å². The minimum atomic E-state index is -0.687. The van der Waals surface area contributed by atoms with E-state index in [0.717, 1.165) is 22.3 Å². The highest BCUT2D eigenvalue weighted by atomic mass is 16.2. The van der Waals surface area contributed by atoms with E-state index in [2.05, 4.69) is 10.6 Å². The van der Waals surface area contributed by atoms with Gasteiger partial charge in [-0.05, 0) is 30.5 Å². The number of rotatable bonds is 7. The molecule has 0 spiro atoms. The van der Waals surface area contributed by atoms with Crippen LogP contribution in [0.2, 0.25) is 0 Å². The predicted octanol–water partition coefficient (Wildman–Crippen LogP) is 4.64. The van der Waals surface area contributed by atoms with E-state index in [4.69, 9.17) is 0 Å². The van der Waals surface area contributed by atoms with Crippen molar-refractivity contribution >= 4 is 11.8 Å². The smallest absolute Gasteiger partial charge is 0.223 e. The predicted molar refractivity (Wildman–Crippen MR) is 120 cm³/mol. The molecule has 154 valence electrons. The van der Waals surface area contributed by atoms with E-state index in [-0.39, 0.29) is 24.3 Å². The molecule has 0 aromatic heterocycles. The van der Waals surface area contributed by atoms with Crippen LogP contribution in [0.1, 0.15) is 48.6 Å². The lowest BCUT2D eigenvalue weighted by molar-refractivity contribution is -0.124. The molecule has 0 aliphatic carbocycles. The Morgan fingerprint density at radius 3 is 1.80 bits per heavy atom. The normalized spacial score (nSPS) is 12.1. The summed E-state index contributed by atoms with van der Waals surface area (Å²) < 4.78 is 0. The van der Waals surface area contributed by atoms with Crippen LogP contribution in [0.5, 0.6) is 0 Å². The molecule has 2 N–H and O–H groups in total. The van der Waals surface area contributed by atoms with Crippen LogP contribution < -0.4 is 10.6 Å². The van der Waals surface area contributed by atoms with Crippen LogP contribution in [0.15, 0.2) is 84.9 Å². The lowest BCUT2D eigenvalue weighted by Gasteiger charge is -2.33. The number of carbonyl (C=O) groups excluding carboxylic acids is 2. The van der Waals surface area contributed by atoms with Gasteiger partial charge in [-0.2, -0.15) is 0 Å². The SMILES string of the molecule is CC(=O)NC(CC(=O)NC(C)(c1ccccc1)c1ccccc1)c1ccc(C)cc1. The molecule has 30 heavy (non-hydrogen) atoms. The first-order valence-corrected chi connectivity index (χ1v) is 10.1. The molecule has 3 rings (SSSR count). The Balaban J connectivity index is 1.87. The van der Waals surface area contributed by atoms with Crippen molar-refractivity contribution in [3.05, 3.63) is 107 Å². The molecular weight excluding hydrogens is 372 g/mol. The fourth-order valence-corrected chi connectivity index (χ4v) is 3.67. The summed E-state index contributed by atoms with van der Waals surface area (Å²) in [7, 11) is 0. The van der Waals surface area contributed by atoms with Gasteiger partial charge in [-0.3, -0.25) is 9.59 Å². The van der Waals surface area contributed by atoms with Crippen LogP contribution >= 0.6 is 0 Å². The van der Waals surface area contributed by atoms with Crippen molar-refractivity contribution in [2.24, 2.45) is 0 Å². The van der Waals surface area contributed by atoms with Crippen molar-refractivity contribution in [2.75, 3.05) is 0 Å². The number of nitrogens with one attached hydrogen (secondary N) is 2. The lowest BCUT2D eigenvalue weighted by Crippen LogP contribution is -2.45. The Morgan fingerprint density at radius 2 is 1.33 bits per heavy atom. The van der Waals surface area contributed by atoms with Gasteiger partial charge in [0.2, 0.25) is 11.8 Å². The van der Waals surface area contributed by atoms with Gasteiger partial charge in [0.25, 0.3) is 0 Å². The first-order valence-electron chi connectivity index (χ1n) is 10.1. The molecule has 0 aliphatic heterocycles. The van der Waals surface area contributed by atoms with Crippen LogP contribution in [-0.2, 0) is 15.1 Å². The molecule has 0 saturated heterocycles. The first-order chi connectivity index (χ1) is 14.4. The molecule has 0 heterocycles. The molecule has 4 nitrogen and oxygen atoms in total. The lowest BCUT2D eigenvalue weighted by atomic mass is 9.84. The minimum absolute atomic E-state index is 0.135. The van der Waals surface area contributed by atoms with Crippen LogP contribution in [0, 0.1) is 6.92 Å². The molecule has 0 radical (unpaired) electrons. The van der Waals surface area contributed by atoms with Crippen molar-refractivity contribution < 1.29 is 9.59 Å². The highest BCUT2D eigenvalue weighted by Crippen LogP contribution is 2.30. The highest BCUT2D eigenvalue weighted by Gasteiger charge is 2.31. The summed E-state index contributed by atoms with van der Waals surface area (Å²) in [6.45, 7) is 5.49. The van der Waals surface area contributed by atoms with Crippen LogP contribution in [-0.4, -0.2) is 11.8 Å². The summed E-state index contributed by atoms with van der Waals surface area (Å²) in [6, 6.07) is 27.3. The topological polar surface area (TPSA) is 58.2 Å². The van der Waals surface area contributed by atoms with Gasteiger partial charge in [0.1, 0.15) is 0 Å². The van der Waals surface area contributed by atoms with Crippen LogP contribution in [0.3, 0.4) is 0 Å². The van der Waals surface area contributed by atoms with Gasteiger partial charge in [-0.15, -0.1) is 0 Å². The largest absolute Gasteiger partial charge is 0.349 e. The van der Waals surface area contributed by atoms with E-state index in [1.807, 2.05) is 98.8 Å². The zero-order chi connectivity index (χ0) is 21.6. The Labute approximate surface area is 178 Å². The molecule has 4 heteroatoms. The third kappa shape index (κ3) is 5.15. The summed E-state index contributed by atoms with van der Waals surface area (Å²) in [5.41, 5.74) is 3.35. The summed E-state index contributed by atoms with van der Waals surface area (Å²) in [6.07, 6.45) is 0.151. The summed E-state index contributed by atoms with van der Waals surface area (Å²) >= 11 is 0. The zero-order valence-corrected chi connectivity index (χ0v) is 17.7. The summed E-state index contributed by atoms with van der Waals surface area (Å²) in [5.74, 6) is -0.299. The van der Waals surface area contributed by atoms with Gasteiger partial charge < -0.3 is 10.6 Å². The van der Waals surface area contributed by atoms with E-state index in [0.29, 0.717) is 0 Å². The number of hydrogen-bond acceptors (Lipinski definition) is 2. The number of aryl methyl sites for hydroxylation is 1. The molecular formula is C26H28N2O2. The van der Waals surface area contributed by atoms with Gasteiger partial charge in [0.05, 0.1) is 18.0 Å². The quantitative estimate of drug-likeness (QED) is 0.607. The number of carbonyl (C=O) groups is 2. The molecule has 0 bridgehead atoms. The van der Waals surface area contributed by atoms with Gasteiger partial charge in [-0.25, -0.2) is 0 Å². The average molecular weight is 401 g/mol. The second-order valence-corrected chi connectivity index (χ2v) is 7.77. The van der Waals surface area contributed by atoms with Gasteiger partial charge in [-0.1, -0.05) is 90.5 Å². The van der Waals surface area contributed by atoms with E-state index >= 15 is 0 Å². The Morgan fingerprint density at radius 1 is 0.833 bits per heavy atom. The molecule has 3 aromatic carbocycles. The van der Waals surface area contributed by atoms with Crippen molar-refractivity contribution in [3.63, 3.8) is 0 Å². The van der Waals surface area contributed by atoms with E-state index in [1.165, 1.54) is 6.92 Å². The molecule has 2 amide bonds. The molecule has 0 fully saturated rings. The number of benzene rings is 3. The minimum Gasteiger partial charge on any atom is -0.349 e. The maximum atomic E-state index is 13.2. The van der Waals surface area contributed by atoms with Crippen molar-refractivity contribution in [3.8, 4) is 0 Å². The number of hydrogen-bond donors (Lipinski definition) is 2. The van der Waals surface area contributed by atoms with E-state index in [9.17, 15) is 9.59 Å². The number of amides is 2. The van der Waals surface area contributed by atoms with E-state index < -0.39 is 5.54 Å². The first kappa shape index (κ1) is 21.3. The Hall–Kier alpha value is -3.40. The maximum Gasteiger partial charge on any atom is 0.223 e. The Bertz CT molecular complexity index is 943. The van der Waals surface area contributed by atoms with Crippen LogP contribution in [0.25, 0.3) is 0 Å². The maximum absolute atomic E-state index is 13.2. The second-order valence-electron chi connectivity index (χ2n) is 7.77. The third-order valence-electron chi connectivity index (χ3n) is 5.34. The fourth-order valence-electron chi connectivity index (χ4n) is 3.67. The summed E-state index contributed by atoms with van der Waals surface area (Å²) in [5, 5.41) is 6.13. The summed E-state index contributed by atoms with van der Waals surface area (Å²) in [4.78, 5) is 24.9. The molecule has 3 aromatic rings. The van der Waals surface area contributed by atoms with Gasteiger partial charge in [0.15, 0.2) is 0 Å². The Kier molecular flexibility index (Phi) is 6.68. The third-order valence-corrected chi connectivity index (χ3v) is 5.34. The van der Waals surface area contributed by atoms with Crippen molar-refractivity contribution in [1.29, 1.82) is 0 Å². The van der Waals surface area contributed by atoms with Gasteiger partial charge >= 0.3 is 0 Å². The second kappa shape index (κ2) is 9.40. The fraction of sp³-hybridized carbons (Fsp3) is 0.231. The molecule has 1 atom stereocenters. The molecule has 0 saturated carbocycles. The monoisotopic (exact) mass is 400 g/mol. The average Bonchev–Trinajstić information content (AvgIpc) is 2.74. The molecule has 1 unspecified atom stereocenters. The van der Waals surface area contributed by atoms with E-state index in [1.54, 1.807) is 0 Å². The van der Waals surface area contributed by atoms with Gasteiger partial charge in [0, 0.05) is 6.92 Å². The standard InChI is InChI=1S/C26H28N2O2/c1-19-14-16-21(17-15-19)24(27-20(2)29)18-25(30)28-26(3,22-10-6-4-7-11-22)23-12-8-5-9-13-23/h4-17,24H,18H2,1-3H3,(H,27,29)(H,28,30). The van der Waals surface area contributed by atoms with Crippen LogP contribution in [0.4, 0.5) is 0 Å². The van der Waals surface area contributed by atoms with Crippen molar-refractivity contribution in [2.45, 2.75) is 38.8 Å². The highest BCUT2D eigenvalue weighted by molar-refractivity contribution is 5.80. The molecule has 0 aliphatic rings.